The number of primary amides is 1. The van der Waals surface area contributed by atoms with Crippen molar-refractivity contribution < 1.29 is 14.0 Å². The summed E-state index contributed by atoms with van der Waals surface area (Å²) in [5.41, 5.74) is 5.19. The molecular formula is C12H12FN3O2. The van der Waals surface area contributed by atoms with Gasteiger partial charge in [0.1, 0.15) is 11.9 Å². The van der Waals surface area contributed by atoms with E-state index in [2.05, 4.69) is 5.32 Å². The van der Waals surface area contributed by atoms with Crippen LogP contribution in [0.4, 0.5) is 4.39 Å². The van der Waals surface area contributed by atoms with E-state index < -0.39 is 23.7 Å². The lowest BCUT2D eigenvalue weighted by Gasteiger charge is -2.13. The van der Waals surface area contributed by atoms with E-state index in [1.165, 1.54) is 18.2 Å². The van der Waals surface area contributed by atoms with Crippen molar-refractivity contribution in [3.05, 3.63) is 35.6 Å². The molecule has 0 radical (unpaired) electrons. The van der Waals surface area contributed by atoms with Gasteiger partial charge in [-0.1, -0.05) is 6.07 Å². The summed E-state index contributed by atoms with van der Waals surface area (Å²) >= 11 is 0. The summed E-state index contributed by atoms with van der Waals surface area (Å²) in [4.78, 5) is 22.8. The van der Waals surface area contributed by atoms with Gasteiger partial charge in [0.25, 0.3) is 5.91 Å². The van der Waals surface area contributed by atoms with Gasteiger partial charge in [-0.3, -0.25) is 9.59 Å². The molecule has 3 N–H and O–H groups in total. The van der Waals surface area contributed by atoms with Crippen LogP contribution in [0, 0.1) is 17.1 Å². The highest BCUT2D eigenvalue weighted by molar-refractivity contribution is 5.97. The Morgan fingerprint density at radius 3 is 2.78 bits per heavy atom. The van der Waals surface area contributed by atoms with E-state index in [1.807, 2.05) is 6.07 Å². The van der Waals surface area contributed by atoms with E-state index in [4.69, 9.17) is 11.0 Å². The summed E-state index contributed by atoms with van der Waals surface area (Å²) < 4.78 is 12.9. The second-order valence-corrected chi connectivity index (χ2v) is 3.64. The topological polar surface area (TPSA) is 96.0 Å². The molecule has 0 aliphatic rings. The normalized spacial score (nSPS) is 11.3. The highest BCUT2D eigenvalue weighted by Gasteiger charge is 2.18. The maximum Gasteiger partial charge on any atom is 0.252 e. The summed E-state index contributed by atoms with van der Waals surface area (Å²) in [5, 5.41) is 10.8. The molecule has 5 nitrogen and oxygen atoms in total. The molecule has 1 aromatic carbocycles. The van der Waals surface area contributed by atoms with Crippen LogP contribution >= 0.6 is 0 Å². The third-order valence-electron chi connectivity index (χ3n) is 2.28. The summed E-state index contributed by atoms with van der Waals surface area (Å²) in [6, 6.07) is 5.99. The first kappa shape index (κ1) is 13.6. The van der Waals surface area contributed by atoms with Gasteiger partial charge in [0, 0.05) is 12.0 Å². The minimum absolute atomic E-state index is 0.0943. The lowest BCUT2D eigenvalue weighted by atomic mass is 10.1. The molecule has 0 fully saturated rings. The van der Waals surface area contributed by atoms with Crippen molar-refractivity contribution in [2.45, 2.75) is 18.9 Å². The van der Waals surface area contributed by atoms with Crippen molar-refractivity contribution in [1.29, 1.82) is 5.26 Å². The number of nitrogens with two attached hydrogens (primary N) is 1. The zero-order valence-electron chi connectivity index (χ0n) is 9.52. The van der Waals surface area contributed by atoms with Gasteiger partial charge in [-0.2, -0.15) is 5.26 Å². The van der Waals surface area contributed by atoms with Crippen molar-refractivity contribution in [1.82, 2.24) is 5.32 Å². The predicted octanol–water partition coefficient (Wildman–Crippen LogP) is 0.713. The Bertz CT molecular complexity index is 496. The number of hydrogen-bond acceptors (Lipinski definition) is 3. The molecule has 0 bridgehead atoms. The van der Waals surface area contributed by atoms with Crippen LogP contribution in [0.3, 0.4) is 0 Å². The van der Waals surface area contributed by atoms with Gasteiger partial charge < -0.3 is 11.1 Å². The average molecular weight is 249 g/mol. The number of rotatable bonds is 5. The molecule has 0 spiro atoms. The number of amides is 2. The third kappa shape index (κ3) is 3.87. The van der Waals surface area contributed by atoms with Crippen LogP contribution in [-0.4, -0.2) is 17.9 Å². The van der Waals surface area contributed by atoms with Gasteiger partial charge in [0.15, 0.2) is 0 Å². The smallest absolute Gasteiger partial charge is 0.252 e. The molecule has 2 amide bonds. The molecule has 1 aromatic rings. The van der Waals surface area contributed by atoms with E-state index in [9.17, 15) is 14.0 Å². The van der Waals surface area contributed by atoms with Crippen molar-refractivity contribution in [3.63, 3.8) is 0 Å². The molecule has 0 heterocycles. The van der Waals surface area contributed by atoms with Crippen LogP contribution in [0.2, 0.25) is 0 Å². The number of hydrogen-bond donors (Lipinski definition) is 2. The molecular weight excluding hydrogens is 237 g/mol. The summed E-state index contributed by atoms with van der Waals surface area (Å²) in [5.74, 6) is -1.87. The highest BCUT2D eigenvalue weighted by Crippen LogP contribution is 2.05. The average Bonchev–Trinajstić information content (AvgIpc) is 2.33. The first-order chi connectivity index (χ1) is 8.54. The Labute approximate surface area is 103 Å². The van der Waals surface area contributed by atoms with E-state index in [0.29, 0.717) is 0 Å². The monoisotopic (exact) mass is 249 g/mol. The maximum absolute atomic E-state index is 12.9. The number of benzene rings is 1. The van der Waals surface area contributed by atoms with E-state index in [1.54, 1.807) is 0 Å². The zero-order valence-corrected chi connectivity index (χ0v) is 9.52. The SMILES string of the molecule is N#CCC[C@@H](NC(=O)c1cccc(F)c1)C(N)=O. The maximum atomic E-state index is 12.9. The van der Waals surface area contributed by atoms with E-state index in [-0.39, 0.29) is 18.4 Å². The number of halogens is 1. The fraction of sp³-hybridized carbons (Fsp3) is 0.250. The summed E-state index contributed by atoms with van der Waals surface area (Å²) in [7, 11) is 0. The molecule has 0 unspecified atom stereocenters. The zero-order chi connectivity index (χ0) is 13.5. The fourth-order valence-electron chi connectivity index (χ4n) is 1.37. The Hall–Kier alpha value is -2.42. The predicted molar refractivity (Wildman–Crippen MR) is 61.7 cm³/mol. The van der Waals surface area contributed by atoms with Gasteiger partial charge in [-0.25, -0.2) is 4.39 Å². The van der Waals surface area contributed by atoms with Crippen molar-refractivity contribution in [2.75, 3.05) is 0 Å². The van der Waals surface area contributed by atoms with Gasteiger partial charge in [0.05, 0.1) is 6.07 Å². The molecule has 0 saturated carbocycles. The lowest BCUT2D eigenvalue weighted by Crippen LogP contribution is -2.44. The molecule has 1 atom stereocenters. The molecule has 94 valence electrons. The van der Waals surface area contributed by atoms with Gasteiger partial charge in [-0.05, 0) is 24.6 Å². The molecule has 0 aliphatic carbocycles. The van der Waals surface area contributed by atoms with Crippen LogP contribution < -0.4 is 11.1 Å². The second kappa shape index (κ2) is 6.35. The minimum Gasteiger partial charge on any atom is -0.368 e. The summed E-state index contributed by atoms with van der Waals surface area (Å²) in [6.07, 6.45) is 0.226. The molecule has 0 aliphatic heterocycles. The van der Waals surface area contributed by atoms with Gasteiger partial charge in [-0.15, -0.1) is 0 Å². The molecule has 6 heteroatoms. The number of nitrogens with zero attached hydrogens (tertiary/aromatic N) is 1. The van der Waals surface area contributed by atoms with Crippen molar-refractivity contribution >= 4 is 11.8 Å². The standard InChI is InChI=1S/C12H12FN3O2/c13-9-4-1-3-8(7-9)12(18)16-10(11(15)17)5-2-6-14/h1,3-4,7,10H,2,5H2,(H2,15,17)(H,16,18)/t10-/m1/s1. The third-order valence-corrected chi connectivity index (χ3v) is 2.28. The van der Waals surface area contributed by atoms with Crippen molar-refractivity contribution in [3.8, 4) is 6.07 Å². The highest BCUT2D eigenvalue weighted by atomic mass is 19.1. The van der Waals surface area contributed by atoms with E-state index >= 15 is 0 Å². The largest absolute Gasteiger partial charge is 0.368 e. The Morgan fingerprint density at radius 1 is 1.50 bits per heavy atom. The first-order valence-electron chi connectivity index (χ1n) is 5.27. The lowest BCUT2D eigenvalue weighted by molar-refractivity contribution is -0.119. The molecule has 18 heavy (non-hydrogen) atoms. The number of carbonyl (C=O) groups excluding carboxylic acids is 2. The quantitative estimate of drug-likeness (QED) is 0.804. The van der Waals surface area contributed by atoms with Crippen LogP contribution in [-0.2, 0) is 4.79 Å². The number of nitrogens with one attached hydrogen (secondary N) is 1. The van der Waals surface area contributed by atoms with E-state index in [0.717, 1.165) is 6.07 Å². The van der Waals surface area contributed by atoms with Gasteiger partial charge >= 0.3 is 0 Å². The van der Waals surface area contributed by atoms with Crippen molar-refractivity contribution in [2.24, 2.45) is 5.73 Å². The van der Waals surface area contributed by atoms with Crippen LogP contribution in [0.5, 0.6) is 0 Å². The van der Waals surface area contributed by atoms with Gasteiger partial charge in [0.2, 0.25) is 5.91 Å². The van der Waals surface area contributed by atoms with Crippen LogP contribution in [0.25, 0.3) is 0 Å². The Morgan fingerprint density at radius 2 is 2.22 bits per heavy atom. The second-order valence-electron chi connectivity index (χ2n) is 3.64. The fourth-order valence-corrected chi connectivity index (χ4v) is 1.37. The minimum atomic E-state index is -0.930. The molecule has 0 saturated heterocycles. The first-order valence-corrected chi connectivity index (χ1v) is 5.27. The number of nitriles is 1. The van der Waals surface area contributed by atoms with Crippen LogP contribution in [0.1, 0.15) is 23.2 Å². The van der Waals surface area contributed by atoms with Crippen LogP contribution in [0.15, 0.2) is 24.3 Å². The summed E-state index contributed by atoms with van der Waals surface area (Å²) in [6.45, 7) is 0. The molecule has 0 aromatic heterocycles. The Kier molecular flexibility index (Phi) is 4.81. The Balaban J connectivity index is 2.73. The molecule has 1 rings (SSSR count). The number of carbonyl (C=O) groups is 2.